The molecular weight excluding hydrogens is 231 g/mol. The molecule has 0 bridgehead atoms. The molecule has 0 saturated carbocycles. The molecule has 0 aliphatic heterocycles. The maximum atomic E-state index is 14.0. The highest BCUT2D eigenvalue weighted by molar-refractivity contribution is 5.96. The summed E-state index contributed by atoms with van der Waals surface area (Å²) < 4.78 is 14.0. The van der Waals surface area contributed by atoms with Crippen LogP contribution >= 0.6 is 0 Å². The van der Waals surface area contributed by atoms with Crippen LogP contribution in [0.15, 0.2) is 24.8 Å². The molecule has 4 heteroatoms. The Morgan fingerprint density at radius 1 is 1.56 bits per heavy atom. The van der Waals surface area contributed by atoms with Gasteiger partial charge in [0.25, 0.3) is 5.91 Å². The van der Waals surface area contributed by atoms with Gasteiger partial charge in [0.2, 0.25) is 0 Å². The summed E-state index contributed by atoms with van der Waals surface area (Å²) in [5.74, 6) is -0.873. The molecule has 18 heavy (non-hydrogen) atoms. The summed E-state index contributed by atoms with van der Waals surface area (Å²) in [7, 11) is 0. The van der Waals surface area contributed by atoms with Crippen LogP contribution in [0.3, 0.4) is 0 Å². The fourth-order valence-electron chi connectivity index (χ4n) is 1.78. The molecule has 1 aromatic rings. The number of hydrogen-bond donors (Lipinski definition) is 1. The van der Waals surface area contributed by atoms with Crippen LogP contribution in [-0.2, 0) is 0 Å². The SMILES string of the molecule is C=CCN(C(=O)c1cc(N)cc(C)c1F)C(C)C. The lowest BCUT2D eigenvalue weighted by atomic mass is 10.1. The predicted molar refractivity (Wildman–Crippen MR) is 71.9 cm³/mol. The summed E-state index contributed by atoms with van der Waals surface area (Å²) in [4.78, 5) is 13.8. The molecule has 0 aliphatic carbocycles. The van der Waals surface area contributed by atoms with Gasteiger partial charge in [-0.05, 0) is 38.5 Å². The van der Waals surface area contributed by atoms with Crippen molar-refractivity contribution >= 4 is 11.6 Å². The van der Waals surface area contributed by atoms with Crippen molar-refractivity contribution in [2.45, 2.75) is 26.8 Å². The number of rotatable bonds is 4. The van der Waals surface area contributed by atoms with Gasteiger partial charge in [0.1, 0.15) is 5.82 Å². The number of aryl methyl sites for hydroxylation is 1. The molecule has 1 amide bonds. The van der Waals surface area contributed by atoms with Crippen LogP contribution in [0.5, 0.6) is 0 Å². The van der Waals surface area contributed by atoms with Gasteiger partial charge in [-0.1, -0.05) is 6.08 Å². The first-order chi connectivity index (χ1) is 8.38. The van der Waals surface area contributed by atoms with Crippen molar-refractivity contribution in [1.29, 1.82) is 0 Å². The number of amides is 1. The molecule has 0 spiro atoms. The van der Waals surface area contributed by atoms with Crippen LogP contribution in [0, 0.1) is 12.7 Å². The smallest absolute Gasteiger partial charge is 0.257 e. The Bertz CT molecular complexity index is 469. The zero-order chi connectivity index (χ0) is 13.9. The van der Waals surface area contributed by atoms with Crippen molar-refractivity contribution in [3.05, 3.63) is 41.7 Å². The summed E-state index contributed by atoms with van der Waals surface area (Å²) >= 11 is 0. The average molecular weight is 250 g/mol. The quantitative estimate of drug-likeness (QED) is 0.659. The van der Waals surface area contributed by atoms with Gasteiger partial charge in [-0.15, -0.1) is 6.58 Å². The summed E-state index contributed by atoms with van der Waals surface area (Å²) in [6, 6.07) is 2.86. The first kappa shape index (κ1) is 14.2. The van der Waals surface area contributed by atoms with Crippen LogP contribution in [0.4, 0.5) is 10.1 Å². The van der Waals surface area contributed by atoms with Crippen LogP contribution < -0.4 is 5.73 Å². The lowest BCUT2D eigenvalue weighted by molar-refractivity contribution is 0.0724. The van der Waals surface area contributed by atoms with E-state index in [9.17, 15) is 9.18 Å². The Kier molecular flexibility index (Phi) is 4.48. The summed E-state index contributed by atoms with van der Waals surface area (Å²) in [6.07, 6.45) is 1.62. The van der Waals surface area contributed by atoms with Gasteiger partial charge in [0, 0.05) is 18.3 Å². The van der Waals surface area contributed by atoms with Gasteiger partial charge in [-0.2, -0.15) is 0 Å². The summed E-state index contributed by atoms with van der Waals surface area (Å²) in [6.45, 7) is 9.32. The summed E-state index contributed by atoms with van der Waals surface area (Å²) in [5.41, 5.74) is 6.44. The minimum absolute atomic E-state index is 0.0167. The lowest BCUT2D eigenvalue weighted by Gasteiger charge is -2.26. The maximum absolute atomic E-state index is 14.0. The van der Waals surface area contributed by atoms with E-state index in [0.29, 0.717) is 17.8 Å². The monoisotopic (exact) mass is 250 g/mol. The summed E-state index contributed by atoms with van der Waals surface area (Å²) in [5, 5.41) is 0. The van der Waals surface area contributed by atoms with Crippen LogP contribution in [0.1, 0.15) is 29.8 Å². The molecule has 0 heterocycles. The van der Waals surface area contributed by atoms with Crippen LogP contribution in [-0.4, -0.2) is 23.4 Å². The van der Waals surface area contributed by atoms with E-state index in [-0.39, 0.29) is 17.5 Å². The van der Waals surface area contributed by atoms with Crippen molar-refractivity contribution in [1.82, 2.24) is 4.90 Å². The average Bonchev–Trinajstić information content (AvgIpc) is 2.29. The third-order valence-electron chi connectivity index (χ3n) is 2.72. The third kappa shape index (κ3) is 2.88. The predicted octanol–water partition coefficient (Wildman–Crippen LogP) is 2.75. The van der Waals surface area contributed by atoms with Gasteiger partial charge in [0.15, 0.2) is 0 Å². The van der Waals surface area contributed by atoms with Crippen LogP contribution in [0.25, 0.3) is 0 Å². The lowest BCUT2D eigenvalue weighted by Crippen LogP contribution is -2.37. The number of hydrogen-bond acceptors (Lipinski definition) is 2. The Morgan fingerprint density at radius 2 is 2.17 bits per heavy atom. The van der Waals surface area contributed by atoms with E-state index in [4.69, 9.17) is 5.73 Å². The van der Waals surface area contributed by atoms with Crippen molar-refractivity contribution in [3.63, 3.8) is 0 Å². The highest BCUT2D eigenvalue weighted by atomic mass is 19.1. The molecule has 0 unspecified atom stereocenters. The molecule has 0 atom stereocenters. The van der Waals surface area contributed by atoms with Gasteiger partial charge in [-0.3, -0.25) is 4.79 Å². The molecule has 0 aliphatic rings. The van der Waals surface area contributed by atoms with Gasteiger partial charge >= 0.3 is 0 Å². The van der Waals surface area contributed by atoms with E-state index in [1.165, 1.54) is 12.1 Å². The Labute approximate surface area is 107 Å². The second-order valence-corrected chi connectivity index (χ2v) is 4.54. The number of nitrogens with two attached hydrogens (primary N) is 1. The highest BCUT2D eigenvalue weighted by Gasteiger charge is 2.22. The molecule has 1 aromatic carbocycles. The minimum Gasteiger partial charge on any atom is -0.399 e. The molecule has 98 valence electrons. The largest absolute Gasteiger partial charge is 0.399 e. The second-order valence-electron chi connectivity index (χ2n) is 4.54. The van der Waals surface area contributed by atoms with Crippen molar-refractivity contribution in [3.8, 4) is 0 Å². The molecule has 0 radical (unpaired) electrons. The number of nitrogens with zero attached hydrogens (tertiary/aromatic N) is 1. The third-order valence-corrected chi connectivity index (χ3v) is 2.72. The zero-order valence-electron chi connectivity index (χ0n) is 11.0. The molecule has 2 N–H and O–H groups in total. The number of nitrogen functional groups attached to an aromatic ring is 1. The topological polar surface area (TPSA) is 46.3 Å². The molecule has 0 aromatic heterocycles. The standard InChI is InChI=1S/C14H19FN2O/c1-5-6-17(9(2)3)14(18)12-8-11(16)7-10(4)13(12)15/h5,7-9H,1,6,16H2,2-4H3. The number of carbonyl (C=O) groups excluding carboxylic acids is 1. The normalized spacial score (nSPS) is 10.5. The fourth-order valence-corrected chi connectivity index (χ4v) is 1.78. The molecular formula is C14H19FN2O. The Hall–Kier alpha value is -1.84. The number of carbonyl (C=O) groups is 1. The molecule has 3 nitrogen and oxygen atoms in total. The Morgan fingerprint density at radius 3 is 2.67 bits per heavy atom. The second kappa shape index (κ2) is 5.67. The molecule has 1 rings (SSSR count). The first-order valence-electron chi connectivity index (χ1n) is 5.86. The zero-order valence-corrected chi connectivity index (χ0v) is 11.0. The van der Waals surface area contributed by atoms with E-state index in [0.717, 1.165) is 0 Å². The highest BCUT2D eigenvalue weighted by Crippen LogP contribution is 2.19. The van der Waals surface area contributed by atoms with Gasteiger partial charge in [-0.25, -0.2) is 4.39 Å². The van der Waals surface area contributed by atoms with Crippen molar-refractivity contribution in [2.75, 3.05) is 12.3 Å². The van der Waals surface area contributed by atoms with Crippen molar-refractivity contribution < 1.29 is 9.18 Å². The van der Waals surface area contributed by atoms with E-state index in [1.54, 1.807) is 17.9 Å². The van der Waals surface area contributed by atoms with Gasteiger partial charge in [0.05, 0.1) is 5.56 Å². The van der Waals surface area contributed by atoms with E-state index in [2.05, 4.69) is 6.58 Å². The molecule has 0 saturated heterocycles. The van der Waals surface area contributed by atoms with E-state index in [1.807, 2.05) is 13.8 Å². The number of halogens is 1. The van der Waals surface area contributed by atoms with Crippen molar-refractivity contribution in [2.24, 2.45) is 0 Å². The van der Waals surface area contributed by atoms with Gasteiger partial charge < -0.3 is 10.6 Å². The Balaban J connectivity index is 3.20. The molecule has 0 fully saturated rings. The van der Waals surface area contributed by atoms with E-state index >= 15 is 0 Å². The number of anilines is 1. The fraction of sp³-hybridized carbons (Fsp3) is 0.357. The minimum atomic E-state index is -0.510. The number of benzene rings is 1. The van der Waals surface area contributed by atoms with E-state index < -0.39 is 5.82 Å². The van der Waals surface area contributed by atoms with Crippen LogP contribution in [0.2, 0.25) is 0 Å². The maximum Gasteiger partial charge on any atom is 0.257 e. The first-order valence-corrected chi connectivity index (χ1v) is 5.86.